The van der Waals surface area contributed by atoms with Crippen molar-refractivity contribution in [3.63, 3.8) is 0 Å². The molecule has 1 fully saturated rings. The van der Waals surface area contributed by atoms with Gasteiger partial charge in [-0.3, -0.25) is 0 Å². The van der Waals surface area contributed by atoms with Crippen LogP contribution < -0.4 is 10.2 Å². The standard InChI is InChI=1S/C16H24N2O/c1-19-15-7-4-6-14(11-15)18-10-9-17-12-13-5-2-3-8-16(13)18/h2-3,5,8,14-15,17H,4,6-7,9-12H2,1H3. The Bertz CT molecular complexity index is 421. The van der Waals surface area contributed by atoms with Crippen LogP contribution in [0.5, 0.6) is 0 Å². The zero-order valence-electron chi connectivity index (χ0n) is 11.8. The number of benzene rings is 1. The minimum absolute atomic E-state index is 0.446. The number of hydrogen-bond acceptors (Lipinski definition) is 3. The molecule has 0 bridgehead atoms. The number of hydrogen-bond donors (Lipinski definition) is 1. The first-order chi connectivity index (χ1) is 9.38. The van der Waals surface area contributed by atoms with Gasteiger partial charge in [0.25, 0.3) is 0 Å². The number of anilines is 1. The van der Waals surface area contributed by atoms with Crippen LogP contribution in [0, 0.1) is 0 Å². The number of nitrogens with zero attached hydrogens (tertiary/aromatic N) is 1. The highest BCUT2D eigenvalue weighted by Gasteiger charge is 2.28. The van der Waals surface area contributed by atoms with E-state index >= 15 is 0 Å². The van der Waals surface area contributed by atoms with Gasteiger partial charge in [-0.25, -0.2) is 0 Å². The lowest BCUT2D eigenvalue weighted by Gasteiger charge is -2.38. The van der Waals surface area contributed by atoms with E-state index < -0.39 is 0 Å². The third kappa shape index (κ3) is 2.77. The normalized spacial score (nSPS) is 27.7. The molecule has 104 valence electrons. The Balaban J connectivity index is 1.83. The van der Waals surface area contributed by atoms with E-state index in [1.54, 1.807) is 0 Å². The lowest BCUT2D eigenvalue weighted by Crippen LogP contribution is -2.42. The highest BCUT2D eigenvalue weighted by atomic mass is 16.5. The van der Waals surface area contributed by atoms with E-state index in [1.807, 2.05) is 7.11 Å². The smallest absolute Gasteiger partial charge is 0.0591 e. The number of fused-ring (bicyclic) bond motifs is 1. The average molecular weight is 260 g/mol. The van der Waals surface area contributed by atoms with Gasteiger partial charge >= 0.3 is 0 Å². The van der Waals surface area contributed by atoms with Crippen LogP contribution in [-0.4, -0.2) is 32.3 Å². The van der Waals surface area contributed by atoms with Crippen molar-refractivity contribution in [2.75, 3.05) is 25.1 Å². The fraction of sp³-hybridized carbons (Fsp3) is 0.625. The molecule has 1 aromatic carbocycles. The number of methoxy groups -OCH3 is 1. The summed E-state index contributed by atoms with van der Waals surface area (Å²) in [5, 5.41) is 3.52. The fourth-order valence-electron chi connectivity index (χ4n) is 3.48. The summed E-state index contributed by atoms with van der Waals surface area (Å²) in [6.45, 7) is 3.17. The maximum Gasteiger partial charge on any atom is 0.0591 e. The molecule has 0 aromatic heterocycles. The summed E-state index contributed by atoms with van der Waals surface area (Å²) in [6.07, 6.45) is 5.43. The van der Waals surface area contributed by atoms with Crippen LogP contribution in [0.15, 0.2) is 24.3 Å². The summed E-state index contributed by atoms with van der Waals surface area (Å²) in [5.41, 5.74) is 2.86. The number of ether oxygens (including phenoxy) is 1. The molecule has 3 rings (SSSR count). The monoisotopic (exact) mass is 260 g/mol. The molecule has 0 saturated heterocycles. The molecule has 1 heterocycles. The molecule has 0 spiro atoms. The SMILES string of the molecule is COC1CCCC(N2CCNCc3ccccc32)C1. The molecule has 19 heavy (non-hydrogen) atoms. The van der Waals surface area contributed by atoms with Crippen molar-refractivity contribution >= 4 is 5.69 Å². The molecule has 0 radical (unpaired) electrons. The first-order valence-corrected chi connectivity index (χ1v) is 7.46. The topological polar surface area (TPSA) is 24.5 Å². The third-order valence-corrected chi connectivity index (χ3v) is 4.52. The van der Waals surface area contributed by atoms with Gasteiger partial charge in [-0.05, 0) is 37.3 Å². The second kappa shape index (κ2) is 5.93. The van der Waals surface area contributed by atoms with Gasteiger partial charge in [0.15, 0.2) is 0 Å². The maximum absolute atomic E-state index is 5.59. The van der Waals surface area contributed by atoms with Crippen LogP contribution in [0.3, 0.4) is 0 Å². The van der Waals surface area contributed by atoms with Crippen molar-refractivity contribution in [2.24, 2.45) is 0 Å². The van der Waals surface area contributed by atoms with Crippen molar-refractivity contribution in [3.05, 3.63) is 29.8 Å². The Hall–Kier alpha value is -1.06. The van der Waals surface area contributed by atoms with Crippen LogP contribution in [-0.2, 0) is 11.3 Å². The predicted octanol–water partition coefficient (Wildman–Crippen LogP) is 2.55. The van der Waals surface area contributed by atoms with Gasteiger partial charge in [0.2, 0.25) is 0 Å². The number of para-hydroxylation sites is 1. The van der Waals surface area contributed by atoms with Crippen LogP contribution in [0.1, 0.15) is 31.2 Å². The molecule has 2 atom stereocenters. The van der Waals surface area contributed by atoms with E-state index in [2.05, 4.69) is 34.5 Å². The minimum atomic E-state index is 0.446. The Morgan fingerprint density at radius 2 is 2.16 bits per heavy atom. The summed E-state index contributed by atoms with van der Waals surface area (Å²) in [5.74, 6) is 0. The highest BCUT2D eigenvalue weighted by molar-refractivity contribution is 5.55. The minimum Gasteiger partial charge on any atom is -0.381 e. The third-order valence-electron chi connectivity index (χ3n) is 4.52. The van der Waals surface area contributed by atoms with Crippen LogP contribution in [0.4, 0.5) is 5.69 Å². The van der Waals surface area contributed by atoms with Crippen molar-refractivity contribution in [2.45, 2.75) is 44.4 Å². The zero-order valence-corrected chi connectivity index (χ0v) is 11.8. The molecule has 1 aliphatic heterocycles. The van der Waals surface area contributed by atoms with E-state index in [4.69, 9.17) is 4.74 Å². The molecular formula is C16H24N2O. The molecule has 2 unspecified atom stereocenters. The Labute approximate surface area is 115 Å². The van der Waals surface area contributed by atoms with Crippen molar-refractivity contribution in [3.8, 4) is 0 Å². The van der Waals surface area contributed by atoms with E-state index in [9.17, 15) is 0 Å². The van der Waals surface area contributed by atoms with Gasteiger partial charge in [-0.2, -0.15) is 0 Å². The lowest BCUT2D eigenvalue weighted by atomic mass is 9.91. The fourth-order valence-corrected chi connectivity index (χ4v) is 3.48. The summed E-state index contributed by atoms with van der Waals surface area (Å²) < 4.78 is 5.59. The van der Waals surface area contributed by atoms with Crippen molar-refractivity contribution < 1.29 is 4.74 Å². The molecule has 1 aliphatic carbocycles. The summed E-state index contributed by atoms with van der Waals surface area (Å²) in [6, 6.07) is 9.46. The molecule has 1 N–H and O–H groups in total. The first-order valence-electron chi connectivity index (χ1n) is 7.46. The van der Waals surface area contributed by atoms with Gasteiger partial charge in [-0.15, -0.1) is 0 Å². The number of nitrogens with one attached hydrogen (secondary N) is 1. The van der Waals surface area contributed by atoms with E-state index in [-0.39, 0.29) is 0 Å². The van der Waals surface area contributed by atoms with Crippen LogP contribution in [0.25, 0.3) is 0 Å². The molecule has 3 heteroatoms. The molecule has 2 aliphatic rings. The molecule has 0 amide bonds. The van der Waals surface area contributed by atoms with E-state index in [1.165, 1.54) is 36.9 Å². The second-order valence-corrected chi connectivity index (χ2v) is 5.68. The quantitative estimate of drug-likeness (QED) is 0.884. The van der Waals surface area contributed by atoms with Crippen molar-refractivity contribution in [1.82, 2.24) is 5.32 Å². The van der Waals surface area contributed by atoms with Crippen LogP contribution in [0.2, 0.25) is 0 Å². The Morgan fingerprint density at radius 1 is 1.26 bits per heavy atom. The molecule has 1 saturated carbocycles. The Kier molecular flexibility index (Phi) is 4.04. The largest absolute Gasteiger partial charge is 0.381 e. The predicted molar refractivity (Wildman–Crippen MR) is 78.5 cm³/mol. The highest BCUT2D eigenvalue weighted by Crippen LogP contribution is 2.31. The Morgan fingerprint density at radius 3 is 3.05 bits per heavy atom. The van der Waals surface area contributed by atoms with E-state index in [0.29, 0.717) is 12.1 Å². The van der Waals surface area contributed by atoms with Gasteiger partial charge in [0.05, 0.1) is 6.10 Å². The molecule has 3 nitrogen and oxygen atoms in total. The molecule has 1 aromatic rings. The molecular weight excluding hydrogens is 236 g/mol. The first kappa shape index (κ1) is 12.9. The van der Waals surface area contributed by atoms with Gasteiger partial charge in [0, 0.05) is 38.5 Å². The van der Waals surface area contributed by atoms with Gasteiger partial charge in [0.1, 0.15) is 0 Å². The summed E-state index contributed by atoms with van der Waals surface area (Å²) in [4.78, 5) is 2.61. The van der Waals surface area contributed by atoms with Crippen molar-refractivity contribution in [1.29, 1.82) is 0 Å². The van der Waals surface area contributed by atoms with E-state index in [0.717, 1.165) is 19.6 Å². The summed E-state index contributed by atoms with van der Waals surface area (Å²) >= 11 is 0. The van der Waals surface area contributed by atoms with Gasteiger partial charge in [-0.1, -0.05) is 18.2 Å². The lowest BCUT2D eigenvalue weighted by molar-refractivity contribution is 0.0631. The maximum atomic E-state index is 5.59. The second-order valence-electron chi connectivity index (χ2n) is 5.68. The number of rotatable bonds is 2. The average Bonchev–Trinajstić information content (AvgIpc) is 2.69. The summed E-state index contributed by atoms with van der Waals surface area (Å²) in [7, 11) is 1.85. The zero-order chi connectivity index (χ0) is 13.1. The van der Waals surface area contributed by atoms with Crippen LogP contribution >= 0.6 is 0 Å². The van der Waals surface area contributed by atoms with Gasteiger partial charge < -0.3 is 15.0 Å².